The molecule has 2 aromatic rings. The van der Waals surface area contributed by atoms with Crippen LogP contribution >= 0.6 is 11.3 Å². The molecule has 0 N–H and O–H groups in total. The van der Waals surface area contributed by atoms with E-state index < -0.39 is 0 Å². The summed E-state index contributed by atoms with van der Waals surface area (Å²) < 4.78 is 13.1. The molecule has 0 saturated carbocycles. The fourth-order valence-electron chi connectivity index (χ4n) is 4.07. The summed E-state index contributed by atoms with van der Waals surface area (Å²) in [6.07, 6.45) is 2.96. The van der Waals surface area contributed by atoms with Crippen molar-refractivity contribution in [3.05, 3.63) is 52.5 Å². The largest absolute Gasteiger partial charge is 0.311 e. The van der Waals surface area contributed by atoms with Crippen molar-refractivity contribution in [2.45, 2.75) is 25.8 Å². The predicted octanol–water partition coefficient (Wildman–Crippen LogP) is 3.91. The number of anilines is 1. The van der Waals surface area contributed by atoms with E-state index in [-0.39, 0.29) is 17.1 Å². The Morgan fingerprint density at radius 1 is 1.12 bits per heavy atom. The molecule has 2 fully saturated rings. The van der Waals surface area contributed by atoms with Crippen molar-refractivity contribution in [3.8, 4) is 0 Å². The van der Waals surface area contributed by atoms with Crippen molar-refractivity contribution >= 4 is 22.9 Å². The van der Waals surface area contributed by atoms with Gasteiger partial charge in [-0.15, -0.1) is 0 Å². The molecule has 1 aromatic heterocycles. The first-order chi connectivity index (χ1) is 11.7. The van der Waals surface area contributed by atoms with E-state index in [1.165, 1.54) is 12.1 Å². The molecule has 1 atom stereocenters. The summed E-state index contributed by atoms with van der Waals surface area (Å²) in [5, 5.41) is 4.07. The normalized spacial score (nSPS) is 24.9. The molecule has 4 rings (SSSR count). The van der Waals surface area contributed by atoms with Gasteiger partial charge in [-0.25, -0.2) is 4.39 Å². The highest BCUT2D eigenvalue weighted by Crippen LogP contribution is 2.42. The number of amides is 1. The van der Waals surface area contributed by atoms with Gasteiger partial charge >= 0.3 is 0 Å². The third-order valence-corrected chi connectivity index (χ3v) is 5.98. The first kappa shape index (κ1) is 15.8. The van der Waals surface area contributed by atoms with Gasteiger partial charge in [0.1, 0.15) is 5.82 Å². The number of halogens is 1. The fraction of sp³-hybridized carbons (Fsp3) is 0.421. The number of thiophene rings is 1. The van der Waals surface area contributed by atoms with Gasteiger partial charge in [-0.3, -0.25) is 9.69 Å². The lowest BCUT2D eigenvalue weighted by atomic mass is 9.78. The quantitative estimate of drug-likeness (QED) is 0.843. The van der Waals surface area contributed by atoms with E-state index in [9.17, 15) is 9.18 Å². The van der Waals surface area contributed by atoms with Gasteiger partial charge in [0, 0.05) is 25.0 Å². The van der Waals surface area contributed by atoms with E-state index >= 15 is 0 Å². The number of piperidine rings is 1. The van der Waals surface area contributed by atoms with E-state index in [1.807, 2.05) is 28.5 Å². The Balaban J connectivity index is 1.48. The molecule has 3 heterocycles. The minimum Gasteiger partial charge on any atom is -0.311 e. The van der Waals surface area contributed by atoms with Crippen molar-refractivity contribution < 1.29 is 9.18 Å². The zero-order chi connectivity index (χ0) is 16.6. The Hall–Kier alpha value is -1.72. The Morgan fingerprint density at radius 2 is 1.96 bits per heavy atom. The summed E-state index contributed by atoms with van der Waals surface area (Å²) in [5.41, 5.74) is 1.91. The Kier molecular flexibility index (Phi) is 4.14. The minimum atomic E-state index is -0.236. The van der Waals surface area contributed by atoms with E-state index in [4.69, 9.17) is 0 Å². The van der Waals surface area contributed by atoms with Crippen LogP contribution in [0.15, 0.2) is 41.1 Å². The van der Waals surface area contributed by atoms with Crippen molar-refractivity contribution in [1.82, 2.24) is 4.90 Å². The molecular formula is C19H21FN2OS. The molecule has 24 heavy (non-hydrogen) atoms. The number of rotatable bonds is 3. The smallest absolute Gasteiger partial charge is 0.234 e. The lowest BCUT2D eigenvalue weighted by Gasteiger charge is -2.39. The monoisotopic (exact) mass is 344 g/mol. The molecule has 0 aliphatic carbocycles. The van der Waals surface area contributed by atoms with Crippen LogP contribution in [0.4, 0.5) is 10.1 Å². The number of hydrogen-bond donors (Lipinski definition) is 0. The maximum atomic E-state index is 13.1. The number of benzene rings is 1. The van der Waals surface area contributed by atoms with Crippen LogP contribution in [-0.2, 0) is 11.3 Å². The first-order valence-corrected chi connectivity index (χ1v) is 9.42. The lowest BCUT2D eigenvalue weighted by molar-refractivity contribution is -0.128. The van der Waals surface area contributed by atoms with Crippen molar-refractivity contribution in [2.24, 2.45) is 5.41 Å². The highest BCUT2D eigenvalue weighted by molar-refractivity contribution is 7.08. The van der Waals surface area contributed by atoms with Crippen LogP contribution in [0.1, 0.15) is 24.8 Å². The molecule has 3 nitrogen and oxygen atoms in total. The highest BCUT2D eigenvalue weighted by Gasteiger charge is 2.49. The number of carbonyl (C=O) groups excluding carboxylic acids is 1. The molecule has 1 aromatic carbocycles. The zero-order valence-corrected chi connectivity index (χ0v) is 14.4. The SMILES string of the molecule is O=C1N(c2ccsc2)CC[C@@]12CCCN(Cc1ccc(F)cc1)C2. The first-order valence-electron chi connectivity index (χ1n) is 8.47. The summed E-state index contributed by atoms with van der Waals surface area (Å²) in [5.74, 6) is 0.0796. The second kappa shape index (κ2) is 6.30. The van der Waals surface area contributed by atoms with E-state index in [0.717, 1.165) is 56.7 Å². The van der Waals surface area contributed by atoms with Crippen LogP contribution in [0.25, 0.3) is 0 Å². The molecule has 0 unspecified atom stereocenters. The molecule has 0 bridgehead atoms. The number of nitrogens with zero attached hydrogens (tertiary/aromatic N) is 2. The van der Waals surface area contributed by atoms with Gasteiger partial charge in [-0.2, -0.15) is 11.3 Å². The zero-order valence-electron chi connectivity index (χ0n) is 13.6. The number of carbonyl (C=O) groups is 1. The third kappa shape index (κ3) is 2.87. The summed E-state index contributed by atoms with van der Waals surface area (Å²) in [4.78, 5) is 17.4. The van der Waals surface area contributed by atoms with Gasteiger partial charge in [0.2, 0.25) is 5.91 Å². The second-order valence-corrected chi connectivity index (χ2v) is 7.69. The highest BCUT2D eigenvalue weighted by atomic mass is 32.1. The van der Waals surface area contributed by atoms with Crippen LogP contribution in [0.5, 0.6) is 0 Å². The van der Waals surface area contributed by atoms with Gasteiger partial charge in [-0.1, -0.05) is 12.1 Å². The third-order valence-electron chi connectivity index (χ3n) is 5.31. The van der Waals surface area contributed by atoms with Gasteiger partial charge in [0.25, 0.3) is 0 Å². The summed E-state index contributed by atoms with van der Waals surface area (Å²) >= 11 is 1.63. The summed E-state index contributed by atoms with van der Waals surface area (Å²) in [6, 6.07) is 8.72. The molecule has 2 aliphatic heterocycles. The van der Waals surface area contributed by atoms with Gasteiger partial charge in [-0.05, 0) is 54.9 Å². The number of likely N-dealkylation sites (tertiary alicyclic amines) is 1. The predicted molar refractivity (Wildman–Crippen MR) is 94.6 cm³/mol. The summed E-state index contributed by atoms with van der Waals surface area (Å²) in [6.45, 7) is 3.42. The minimum absolute atomic E-state index is 0.203. The van der Waals surface area contributed by atoms with Gasteiger partial charge < -0.3 is 4.90 Å². The standard InChI is InChI=1S/C19H21FN2OS/c20-16-4-2-15(3-5-16)12-21-9-1-7-19(14-21)8-10-22(18(19)23)17-6-11-24-13-17/h2-6,11,13H,1,7-10,12,14H2/t19-/m1/s1. The lowest BCUT2D eigenvalue weighted by Crippen LogP contribution is -2.47. The van der Waals surface area contributed by atoms with Crippen LogP contribution in [0, 0.1) is 11.2 Å². The molecular weight excluding hydrogens is 323 g/mol. The average molecular weight is 344 g/mol. The number of hydrogen-bond acceptors (Lipinski definition) is 3. The topological polar surface area (TPSA) is 23.6 Å². The maximum absolute atomic E-state index is 13.1. The average Bonchev–Trinajstić information content (AvgIpc) is 3.20. The molecule has 1 amide bonds. The summed E-state index contributed by atoms with van der Waals surface area (Å²) in [7, 11) is 0. The molecule has 1 spiro atoms. The van der Waals surface area contributed by atoms with E-state index in [2.05, 4.69) is 10.3 Å². The molecule has 0 radical (unpaired) electrons. The van der Waals surface area contributed by atoms with Gasteiger partial charge in [0.05, 0.1) is 11.1 Å². The molecule has 5 heteroatoms. The Labute approximate surface area is 145 Å². The Morgan fingerprint density at radius 3 is 2.71 bits per heavy atom. The van der Waals surface area contributed by atoms with Crippen LogP contribution in [0.3, 0.4) is 0 Å². The van der Waals surface area contributed by atoms with E-state index in [0.29, 0.717) is 0 Å². The van der Waals surface area contributed by atoms with Crippen LogP contribution in [0.2, 0.25) is 0 Å². The van der Waals surface area contributed by atoms with Crippen LogP contribution in [-0.4, -0.2) is 30.4 Å². The van der Waals surface area contributed by atoms with Crippen molar-refractivity contribution in [3.63, 3.8) is 0 Å². The fourth-order valence-corrected chi connectivity index (χ4v) is 4.71. The molecule has 2 aliphatic rings. The second-order valence-electron chi connectivity index (χ2n) is 6.91. The molecule has 126 valence electrons. The Bertz CT molecular complexity index is 715. The molecule has 2 saturated heterocycles. The van der Waals surface area contributed by atoms with E-state index in [1.54, 1.807) is 11.3 Å². The maximum Gasteiger partial charge on any atom is 0.234 e. The van der Waals surface area contributed by atoms with Crippen LogP contribution < -0.4 is 4.90 Å². The van der Waals surface area contributed by atoms with Crippen molar-refractivity contribution in [2.75, 3.05) is 24.5 Å². The van der Waals surface area contributed by atoms with Gasteiger partial charge in [0.15, 0.2) is 0 Å². The van der Waals surface area contributed by atoms with Crippen molar-refractivity contribution in [1.29, 1.82) is 0 Å².